The van der Waals surface area contributed by atoms with E-state index in [1.165, 1.54) is 0 Å². The van der Waals surface area contributed by atoms with E-state index < -0.39 is 5.91 Å². The van der Waals surface area contributed by atoms with Gasteiger partial charge in [-0.05, 0) is 34.9 Å². The van der Waals surface area contributed by atoms with Gasteiger partial charge >= 0.3 is 0 Å². The van der Waals surface area contributed by atoms with Gasteiger partial charge in [0.05, 0.1) is 19.8 Å². The maximum absolute atomic E-state index is 12.1. The van der Waals surface area contributed by atoms with Crippen LogP contribution in [0, 0.1) is 6.57 Å². The summed E-state index contributed by atoms with van der Waals surface area (Å²) in [5.74, 6) is -0.778. The summed E-state index contributed by atoms with van der Waals surface area (Å²) >= 11 is 0. The second-order valence-electron chi connectivity index (χ2n) is 5.40. The van der Waals surface area contributed by atoms with E-state index in [1.807, 2.05) is 18.2 Å². The normalized spacial score (nSPS) is 13.9. The molecule has 1 aliphatic rings. The molecule has 2 aromatic rings. The molecule has 0 fully saturated rings. The van der Waals surface area contributed by atoms with Crippen LogP contribution in [0.1, 0.15) is 22.3 Å². The number of nitrogens with two attached hydrogens (primary N) is 2. The highest BCUT2D eigenvalue weighted by Crippen LogP contribution is 2.37. The van der Waals surface area contributed by atoms with E-state index in [1.54, 1.807) is 18.2 Å². The molecular weight excluding hydrogens is 304 g/mol. The van der Waals surface area contributed by atoms with Crippen molar-refractivity contribution in [2.75, 3.05) is 13.2 Å². The monoisotopic (exact) mass is 320 g/mol. The highest BCUT2D eigenvalue weighted by molar-refractivity contribution is 6.07. The van der Waals surface area contributed by atoms with Crippen molar-refractivity contribution < 1.29 is 9.53 Å². The third-order valence-electron chi connectivity index (χ3n) is 3.88. The molecule has 1 aliphatic heterocycles. The van der Waals surface area contributed by atoms with Crippen LogP contribution in [-0.2, 0) is 4.74 Å². The van der Waals surface area contributed by atoms with Gasteiger partial charge in [0.1, 0.15) is 0 Å². The molecule has 2 aromatic carbocycles. The molecule has 0 radical (unpaired) electrons. The van der Waals surface area contributed by atoms with E-state index in [0.717, 1.165) is 28.3 Å². The quantitative estimate of drug-likeness (QED) is 0.505. The number of benzene rings is 2. The van der Waals surface area contributed by atoms with Crippen molar-refractivity contribution in [2.45, 2.75) is 6.42 Å². The molecule has 120 valence electrons. The fourth-order valence-corrected chi connectivity index (χ4v) is 2.81. The predicted octanol–water partition coefficient (Wildman–Crippen LogP) is 2.61. The Morgan fingerprint density at radius 1 is 1.25 bits per heavy atom. The molecule has 0 saturated heterocycles. The third kappa shape index (κ3) is 2.98. The summed E-state index contributed by atoms with van der Waals surface area (Å²) in [7, 11) is 0. The zero-order valence-corrected chi connectivity index (χ0v) is 13.0. The molecule has 0 aliphatic carbocycles. The topological polar surface area (TPSA) is 95.1 Å². The molecule has 1 amide bonds. The summed E-state index contributed by atoms with van der Waals surface area (Å²) in [4.78, 5) is 19.3. The average molecular weight is 320 g/mol. The number of guanidine groups is 1. The zero-order valence-electron chi connectivity index (χ0n) is 13.0. The van der Waals surface area contributed by atoms with Gasteiger partial charge < -0.3 is 16.2 Å². The van der Waals surface area contributed by atoms with Gasteiger partial charge in [0, 0.05) is 5.56 Å². The van der Waals surface area contributed by atoms with Crippen LogP contribution in [0.15, 0.2) is 41.4 Å². The van der Waals surface area contributed by atoms with Crippen molar-refractivity contribution in [1.82, 2.24) is 0 Å². The summed E-state index contributed by atoms with van der Waals surface area (Å²) in [6.45, 7) is 8.59. The second kappa shape index (κ2) is 6.52. The molecule has 6 nitrogen and oxygen atoms in total. The highest BCUT2D eigenvalue weighted by Gasteiger charge is 2.16. The van der Waals surface area contributed by atoms with Crippen molar-refractivity contribution >= 4 is 33.9 Å². The van der Waals surface area contributed by atoms with Gasteiger partial charge in [-0.2, -0.15) is 4.99 Å². The lowest BCUT2D eigenvalue weighted by atomic mass is 9.92. The van der Waals surface area contributed by atoms with Crippen LogP contribution in [0.4, 0.5) is 5.69 Å². The third-order valence-corrected chi connectivity index (χ3v) is 3.88. The minimum Gasteiger partial charge on any atom is -0.377 e. The van der Waals surface area contributed by atoms with E-state index >= 15 is 0 Å². The number of carbonyl (C=O) groups is 1. The van der Waals surface area contributed by atoms with Gasteiger partial charge in [0.2, 0.25) is 0 Å². The van der Waals surface area contributed by atoms with Crippen LogP contribution in [0.25, 0.3) is 21.2 Å². The smallest absolute Gasteiger partial charge is 0.280 e. The maximum Gasteiger partial charge on any atom is 0.280 e. The van der Waals surface area contributed by atoms with Gasteiger partial charge in [-0.1, -0.05) is 29.8 Å². The van der Waals surface area contributed by atoms with Crippen LogP contribution in [0.3, 0.4) is 0 Å². The Bertz CT molecular complexity index is 918. The maximum atomic E-state index is 12.1. The number of nitrogens with zero attached hydrogens (tertiary/aromatic N) is 2. The number of rotatable bonds is 2. The molecule has 0 spiro atoms. The van der Waals surface area contributed by atoms with Crippen molar-refractivity contribution in [1.29, 1.82) is 0 Å². The summed E-state index contributed by atoms with van der Waals surface area (Å²) in [5, 5.41) is 1.79. The molecule has 0 unspecified atom stereocenters. The van der Waals surface area contributed by atoms with Crippen LogP contribution in [0.2, 0.25) is 0 Å². The summed E-state index contributed by atoms with van der Waals surface area (Å²) in [6, 6.07) is 8.93. The van der Waals surface area contributed by atoms with Gasteiger partial charge in [0.15, 0.2) is 11.6 Å². The Balaban J connectivity index is 2.23. The number of hydrogen-bond donors (Lipinski definition) is 2. The average Bonchev–Trinajstić information content (AvgIpc) is 2.60. The van der Waals surface area contributed by atoms with Crippen molar-refractivity contribution in [2.24, 2.45) is 16.5 Å². The SMILES string of the molecule is [C-]#[N+]c1ccc2ccc(C(=O)N=C(N)N)cc2c1C1=CCOCC1. The fourth-order valence-electron chi connectivity index (χ4n) is 2.81. The number of hydrogen-bond acceptors (Lipinski definition) is 2. The summed E-state index contributed by atoms with van der Waals surface area (Å²) < 4.78 is 5.36. The number of ether oxygens (including phenoxy) is 1. The van der Waals surface area contributed by atoms with E-state index in [2.05, 4.69) is 9.84 Å². The highest BCUT2D eigenvalue weighted by atomic mass is 16.5. The van der Waals surface area contributed by atoms with Crippen molar-refractivity contribution in [3.8, 4) is 0 Å². The molecule has 0 saturated carbocycles. The summed E-state index contributed by atoms with van der Waals surface area (Å²) in [6.07, 6.45) is 2.71. The Morgan fingerprint density at radius 2 is 2.04 bits per heavy atom. The predicted molar refractivity (Wildman–Crippen MR) is 93.8 cm³/mol. The van der Waals surface area contributed by atoms with Gasteiger partial charge in [-0.15, -0.1) is 0 Å². The number of amides is 1. The first-order chi connectivity index (χ1) is 11.6. The van der Waals surface area contributed by atoms with Crippen molar-refractivity contribution in [3.63, 3.8) is 0 Å². The lowest BCUT2D eigenvalue weighted by Crippen LogP contribution is -2.24. The Hall–Kier alpha value is -3.17. The van der Waals surface area contributed by atoms with E-state index in [-0.39, 0.29) is 5.96 Å². The molecule has 24 heavy (non-hydrogen) atoms. The molecular formula is C18H16N4O2. The van der Waals surface area contributed by atoms with E-state index in [9.17, 15) is 4.79 Å². The first kappa shape index (κ1) is 15.7. The standard InChI is InChI=1S/C18H16N4O2/c1-21-15-5-4-11-2-3-13(17(23)22-18(19)20)10-14(11)16(15)12-6-8-24-9-7-12/h2-6,10H,7-9H2,(H4,19,20,22,23). The molecule has 1 heterocycles. The molecule has 0 bridgehead atoms. The van der Waals surface area contributed by atoms with Crippen LogP contribution in [0.5, 0.6) is 0 Å². The Morgan fingerprint density at radius 3 is 2.71 bits per heavy atom. The molecule has 0 aromatic heterocycles. The first-order valence-electron chi connectivity index (χ1n) is 7.45. The fraction of sp³-hybridized carbons (Fsp3) is 0.167. The molecule has 3 rings (SSSR count). The lowest BCUT2D eigenvalue weighted by molar-refractivity contribution is 0.100. The van der Waals surface area contributed by atoms with Crippen LogP contribution in [-0.4, -0.2) is 25.1 Å². The molecule has 0 atom stereocenters. The minimum absolute atomic E-state index is 0.276. The first-order valence-corrected chi connectivity index (χ1v) is 7.45. The number of fused-ring (bicyclic) bond motifs is 1. The van der Waals surface area contributed by atoms with Gasteiger partial charge in [0.25, 0.3) is 5.91 Å². The Labute approximate surface area is 139 Å². The van der Waals surface area contributed by atoms with Crippen LogP contribution >= 0.6 is 0 Å². The summed E-state index contributed by atoms with van der Waals surface area (Å²) in [5.41, 5.74) is 13.4. The van der Waals surface area contributed by atoms with E-state index in [0.29, 0.717) is 24.5 Å². The lowest BCUT2D eigenvalue weighted by Gasteiger charge is -2.17. The second-order valence-corrected chi connectivity index (χ2v) is 5.40. The minimum atomic E-state index is -0.503. The molecule has 4 N–H and O–H groups in total. The largest absolute Gasteiger partial charge is 0.377 e. The van der Waals surface area contributed by atoms with Crippen molar-refractivity contribution in [3.05, 3.63) is 59.0 Å². The Kier molecular flexibility index (Phi) is 4.27. The molecule has 6 heteroatoms. The zero-order chi connectivity index (χ0) is 17.1. The van der Waals surface area contributed by atoms with Gasteiger partial charge in [-0.25, -0.2) is 4.85 Å². The number of carbonyl (C=O) groups excluding carboxylic acids is 1. The van der Waals surface area contributed by atoms with Crippen LogP contribution < -0.4 is 11.5 Å². The number of aliphatic imine (C=N–C) groups is 1. The van der Waals surface area contributed by atoms with E-state index in [4.69, 9.17) is 22.8 Å². The van der Waals surface area contributed by atoms with Gasteiger partial charge in [-0.3, -0.25) is 4.79 Å².